The number of rotatable bonds is 7. The Morgan fingerprint density at radius 3 is 2.33 bits per heavy atom. The van der Waals surface area contributed by atoms with Crippen LogP contribution in [0.1, 0.15) is 5.56 Å². The van der Waals surface area contributed by atoms with Crippen molar-refractivity contribution in [3.05, 3.63) is 59.9 Å². The lowest BCUT2D eigenvalue weighted by Crippen LogP contribution is -2.09. The summed E-state index contributed by atoms with van der Waals surface area (Å²) in [6, 6.07) is 12.7. The number of benzene rings is 2. The van der Waals surface area contributed by atoms with E-state index < -0.39 is 5.97 Å². The molecule has 0 aliphatic rings. The number of carboxylic acid groups (broad SMARTS) is 1. The number of carboxylic acids is 1. The lowest BCUT2D eigenvalue weighted by Gasteiger charge is -2.09. The lowest BCUT2D eigenvalue weighted by atomic mass is 10.1. The third-order valence-corrected chi connectivity index (χ3v) is 2.69. The molecule has 110 valence electrons. The molecular weight excluding hydrogens is 275 g/mol. The van der Waals surface area contributed by atoms with Crippen molar-refractivity contribution < 1.29 is 23.8 Å². The van der Waals surface area contributed by atoms with E-state index in [0.717, 1.165) is 0 Å². The summed E-state index contributed by atoms with van der Waals surface area (Å²) in [7, 11) is 0. The normalized spacial score (nSPS) is 10.1. The molecule has 0 spiro atoms. The minimum Gasteiger partial charge on any atom is -0.490 e. The fraction of sp³-hybridized carbons (Fsp3) is 0.188. The molecule has 0 aliphatic heterocycles. The summed E-state index contributed by atoms with van der Waals surface area (Å²) < 4.78 is 23.6. The zero-order chi connectivity index (χ0) is 15.1. The van der Waals surface area contributed by atoms with Gasteiger partial charge in [0.15, 0.2) is 0 Å². The van der Waals surface area contributed by atoms with E-state index in [1.54, 1.807) is 36.4 Å². The van der Waals surface area contributed by atoms with Crippen LogP contribution in [0.5, 0.6) is 11.5 Å². The molecule has 21 heavy (non-hydrogen) atoms. The molecule has 0 fully saturated rings. The van der Waals surface area contributed by atoms with Crippen LogP contribution in [0.3, 0.4) is 0 Å². The van der Waals surface area contributed by atoms with Crippen molar-refractivity contribution in [3.8, 4) is 11.5 Å². The highest BCUT2D eigenvalue weighted by atomic mass is 19.1. The van der Waals surface area contributed by atoms with Gasteiger partial charge in [0, 0.05) is 0 Å². The van der Waals surface area contributed by atoms with Crippen molar-refractivity contribution in [2.75, 3.05) is 13.2 Å². The van der Waals surface area contributed by atoms with Gasteiger partial charge in [0.05, 0.1) is 6.42 Å². The number of hydrogen-bond donors (Lipinski definition) is 1. The predicted octanol–water partition coefficient (Wildman–Crippen LogP) is 2.91. The van der Waals surface area contributed by atoms with Crippen molar-refractivity contribution in [1.82, 2.24) is 0 Å². The molecule has 0 radical (unpaired) electrons. The Kier molecular flexibility index (Phi) is 5.15. The van der Waals surface area contributed by atoms with Crippen molar-refractivity contribution >= 4 is 5.97 Å². The van der Waals surface area contributed by atoms with E-state index in [0.29, 0.717) is 30.3 Å². The highest BCUT2D eigenvalue weighted by Crippen LogP contribution is 2.14. The van der Waals surface area contributed by atoms with E-state index in [1.165, 1.54) is 12.1 Å². The maximum Gasteiger partial charge on any atom is 0.307 e. The molecule has 2 aromatic rings. The van der Waals surface area contributed by atoms with Gasteiger partial charge in [-0.15, -0.1) is 0 Å². The Morgan fingerprint density at radius 1 is 1.00 bits per heavy atom. The number of carbonyl (C=O) groups is 1. The first-order valence-electron chi connectivity index (χ1n) is 6.45. The van der Waals surface area contributed by atoms with Crippen molar-refractivity contribution in [3.63, 3.8) is 0 Å². The highest BCUT2D eigenvalue weighted by molar-refractivity contribution is 5.70. The molecule has 0 saturated carbocycles. The molecule has 0 saturated heterocycles. The van der Waals surface area contributed by atoms with Crippen LogP contribution >= 0.6 is 0 Å². The number of aliphatic carboxylic acids is 1. The summed E-state index contributed by atoms with van der Waals surface area (Å²) in [6.45, 7) is 0.628. The number of hydrogen-bond acceptors (Lipinski definition) is 3. The maximum atomic E-state index is 12.7. The van der Waals surface area contributed by atoms with Gasteiger partial charge in [-0.1, -0.05) is 12.1 Å². The molecule has 0 unspecified atom stereocenters. The molecular formula is C16H15FO4. The summed E-state index contributed by atoms with van der Waals surface area (Å²) in [4.78, 5) is 10.6. The van der Waals surface area contributed by atoms with E-state index in [4.69, 9.17) is 14.6 Å². The first-order valence-corrected chi connectivity index (χ1v) is 6.45. The molecule has 0 bridgehead atoms. The monoisotopic (exact) mass is 290 g/mol. The Balaban J connectivity index is 1.78. The van der Waals surface area contributed by atoms with Crippen LogP contribution in [-0.4, -0.2) is 24.3 Å². The van der Waals surface area contributed by atoms with E-state index in [-0.39, 0.29) is 12.2 Å². The summed E-state index contributed by atoms with van der Waals surface area (Å²) in [5, 5.41) is 8.73. The van der Waals surface area contributed by atoms with E-state index in [1.807, 2.05) is 0 Å². The topological polar surface area (TPSA) is 55.8 Å². The van der Waals surface area contributed by atoms with Gasteiger partial charge in [-0.05, 0) is 42.0 Å². The van der Waals surface area contributed by atoms with Gasteiger partial charge in [-0.2, -0.15) is 0 Å². The fourth-order valence-electron chi connectivity index (χ4n) is 1.77. The van der Waals surface area contributed by atoms with Crippen LogP contribution in [0.15, 0.2) is 48.5 Å². The summed E-state index contributed by atoms with van der Waals surface area (Å²) in [5.41, 5.74) is 0.680. The average Bonchev–Trinajstić information content (AvgIpc) is 2.45. The van der Waals surface area contributed by atoms with Crippen LogP contribution in [0.2, 0.25) is 0 Å². The van der Waals surface area contributed by atoms with Crippen molar-refractivity contribution in [2.24, 2.45) is 0 Å². The van der Waals surface area contributed by atoms with Gasteiger partial charge in [-0.25, -0.2) is 4.39 Å². The van der Waals surface area contributed by atoms with E-state index >= 15 is 0 Å². The van der Waals surface area contributed by atoms with Gasteiger partial charge >= 0.3 is 5.97 Å². The third kappa shape index (κ3) is 5.14. The maximum absolute atomic E-state index is 12.7. The Morgan fingerprint density at radius 2 is 1.67 bits per heavy atom. The molecule has 1 N–H and O–H groups in total. The molecule has 2 aromatic carbocycles. The van der Waals surface area contributed by atoms with Gasteiger partial charge < -0.3 is 14.6 Å². The quantitative estimate of drug-likeness (QED) is 0.797. The summed E-state index contributed by atoms with van der Waals surface area (Å²) in [5.74, 6) is -0.0308. The number of ether oxygens (including phenoxy) is 2. The van der Waals surface area contributed by atoms with E-state index in [2.05, 4.69) is 0 Å². The summed E-state index contributed by atoms with van der Waals surface area (Å²) >= 11 is 0. The fourth-order valence-corrected chi connectivity index (χ4v) is 1.77. The smallest absolute Gasteiger partial charge is 0.307 e. The Hall–Kier alpha value is -2.56. The zero-order valence-corrected chi connectivity index (χ0v) is 11.3. The molecule has 0 atom stereocenters. The molecule has 0 aliphatic carbocycles. The van der Waals surface area contributed by atoms with Gasteiger partial charge in [0.2, 0.25) is 0 Å². The van der Waals surface area contributed by atoms with Crippen molar-refractivity contribution in [1.29, 1.82) is 0 Å². The van der Waals surface area contributed by atoms with Crippen LogP contribution in [0.4, 0.5) is 4.39 Å². The minimum atomic E-state index is -0.883. The standard InChI is InChI=1S/C16H15FO4/c17-13-4-6-14(7-5-13)20-8-9-21-15-3-1-2-12(10-15)11-16(18)19/h1-7,10H,8-9,11H2,(H,18,19). The Bertz CT molecular complexity index is 595. The third-order valence-electron chi connectivity index (χ3n) is 2.69. The summed E-state index contributed by atoms with van der Waals surface area (Å²) in [6.07, 6.45) is -0.0384. The second-order valence-electron chi connectivity index (χ2n) is 4.37. The van der Waals surface area contributed by atoms with Gasteiger partial charge in [0.25, 0.3) is 0 Å². The SMILES string of the molecule is O=C(O)Cc1cccc(OCCOc2ccc(F)cc2)c1. The average molecular weight is 290 g/mol. The number of halogens is 1. The van der Waals surface area contributed by atoms with Crippen LogP contribution in [0, 0.1) is 5.82 Å². The minimum absolute atomic E-state index is 0.0384. The highest BCUT2D eigenvalue weighted by Gasteiger charge is 2.02. The molecule has 5 heteroatoms. The predicted molar refractivity (Wildman–Crippen MR) is 75.2 cm³/mol. The van der Waals surface area contributed by atoms with Crippen LogP contribution in [-0.2, 0) is 11.2 Å². The first-order chi connectivity index (χ1) is 10.1. The Labute approximate surface area is 121 Å². The van der Waals surface area contributed by atoms with Crippen molar-refractivity contribution in [2.45, 2.75) is 6.42 Å². The first kappa shape index (κ1) is 14.8. The molecule has 4 nitrogen and oxygen atoms in total. The molecule has 0 amide bonds. The molecule has 2 rings (SSSR count). The van der Waals surface area contributed by atoms with Crippen LogP contribution < -0.4 is 9.47 Å². The lowest BCUT2D eigenvalue weighted by molar-refractivity contribution is -0.136. The largest absolute Gasteiger partial charge is 0.490 e. The second kappa shape index (κ2) is 7.28. The van der Waals surface area contributed by atoms with Crippen LogP contribution in [0.25, 0.3) is 0 Å². The van der Waals surface area contributed by atoms with Gasteiger partial charge in [0.1, 0.15) is 30.5 Å². The van der Waals surface area contributed by atoms with Gasteiger partial charge in [-0.3, -0.25) is 4.79 Å². The van der Waals surface area contributed by atoms with E-state index in [9.17, 15) is 9.18 Å². The zero-order valence-electron chi connectivity index (χ0n) is 11.3. The molecule has 0 heterocycles. The molecule has 0 aromatic heterocycles. The second-order valence-corrected chi connectivity index (χ2v) is 4.37.